The van der Waals surface area contributed by atoms with Crippen LogP contribution in [0.1, 0.15) is 33.5 Å². The molecule has 0 aliphatic rings. The Balaban J connectivity index is 1.48. The number of methoxy groups -OCH3 is 1. The Morgan fingerprint density at radius 2 is 1.80 bits per heavy atom. The lowest BCUT2D eigenvalue weighted by atomic mass is 10.1. The lowest BCUT2D eigenvalue weighted by molar-refractivity contribution is 0.0946. The van der Waals surface area contributed by atoms with Crippen molar-refractivity contribution in [2.24, 2.45) is 0 Å². The SMILES string of the molecule is CCc1ccc(NC(=O)NCc2nc(C(=O)NCc3ccccc3OC)cs2)cc1. The number of hydrogen-bond acceptors (Lipinski definition) is 5. The van der Waals surface area contributed by atoms with Gasteiger partial charge in [-0.15, -0.1) is 11.3 Å². The van der Waals surface area contributed by atoms with Crippen LogP contribution in [-0.4, -0.2) is 24.0 Å². The molecule has 156 valence electrons. The van der Waals surface area contributed by atoms with Gasteiger partial charge >= 0.3 is 6.03 Å². The molecule has 1 aromatic heterocycles. The molecule has 2 aromatic carbocycles. The molecular weight excluding hydrogens is 400 g/mol. The number of aromatic nitrogens is 1. The van der Waals surface area contributed by atoms with Crippen molar-refractivity contribution >= 4 is 29.0 Å². The third-order valence-electron chi connectivity index (χ3n) is 4.44. The number of nitrogens with one attached hydrogen (secondary N) is 3. The van der Waals surface area contributed by atoms with Gasteiger partial charge in [-0.25, -0.2) is 9.78 Å². The molecule has 8 heteroatoms. The fourth-order valence-electron chi connectivity index (χ4n) is 2.77. The molecule has 0 aliphatic carbocycles. The van der Waals surface area contributed by atoms with Gasteiger partial charge in [0, 0.05) is 23.2 Å². The standard InChI is InChI=1S/C22H24N4O3S/c1-3-15-8-10-17(11-9-15)25-22(28)24-13-20-26-18(14-30-20)21(27)23-12-16-6-4-5-7-19(16)29-2/h4-11,14H,3,12-13H2,1-2H3,(H,23,27)(H2,24,25,28). The summed E-state index contributed by atoms with van der Waals surface area (Å²) in [6, 6.07) is 14.9. The summed E-state index contributed by atoms with van der Waals surface area (Å²) < 4.78 is 5.28. The number of hydrogen-bond donors (Lipinski definition) is 3. The molecule has 0 radical (unpaired) electrons. The van der Waals surface area contributed by atoms with E-state index in [0.29, 0.717) is 17.2 Å². The topological polar surface area (TPSA) is 92.4 Å². The maximum Gasteiger partial charge on any atom is 0.319 e. The molecular formula is C22H24N4O3S. The van der Waals surface area contributed by atoms with Gasteiger partial charge in [-0.2, -0.15) is 0 Å². The molecule has 0 saturated carbocycles. The van der Waals surface area contributed by atoms with Crippen molar-refractivity contribution in [2.75, 3.05) is 12.4 Å². The molecule has 0 saturated heterocycles. The van der Waals surface area contributed by atoms with Crippen LogP contribution in [0.15, 0.2) is 53.9 Å². The molecule has 0 fully saturated rings. The third-order valence-corrected chi connectivity index (χ3v) is 5.29. The Hall–Kier alpha value is -3.39. The van der Waals surface area contributed by atoms with Crippen LogP contribution in [-0.2, 0) is 19.5 Å². The van der Waals surface area contributed by atoms with Gasteiger partial charge in [0.2, 0.25) is 0 Å². The Bertz CT molecular complexity index is 1000. The zero-order chi connectivity index (χ0) is 21.3. The number of para-hydroxylation sites is 1. The van der Waals surface area contributed by atoms with Gasteiger partial charge < -0.3 is 20.7 Å². The number of anilines is 1. The number of aryl methyl sites for hydroxylation is 1. The number of carbonyl (C=O) groups is 2. The second-order valence-corrected chi connectivity index (χ2v) is 7.42. The Morgan fingerprint density at radius 3 is 2.53 bits per heavy atom. The third kappa shape index (κ3) is 5.81. The van der Waals surface area contributed by atoms with Crippen molar-refractivity contribution in [1.82, 2.24) is 15.6 Å². The van der Waals surface area contributed by atoms with Crippen LogP contribution in [0, 0.1) is 0 Å². The molecule has 3 N–H and O–H groups in total. The molecule has 0 atom stereocenters. The van der Waals surface area contributed by atoms with Gasteiger partial charge in [0.05, 0.1) is 13.7 Å². The summed E-state index contributed by atoms with van der Waals surface area (Å²) in [6.07, 6.45) is 0.950. The highest BCUT2D eigenvalue weighted by Crippen LogP contribution is 2.17. The van der Waals surface area contributed by atoms with E-state index in [1.54, 1.807) is 12.5 Å². The van der Waals surface area contributed by atoms with E-state index in [9.17, 15) is 9.59 Å². The minimum atomic E-state index is -0.323. The van der Waals surface area contributed by atoms with Crippen molar-refractivity contribution in [2.45, 2.75) is 26.4 Å². The summed E-state index contributed by atoms with van der Waals surface area (Å²) in [5.41, 5.74) is 3.14. The second-order valence-electron chi connectivity index (χ2n) is 6.48. The van der Waals surface area contributed by atoms with E-state index in [1.807, 2.05) is 48.5 Å². The zero-order valence-electron chi connectivity index (χ0n) is 16.9. The second kappa shape index (κ2) is 10.4. The van der Waals surface area contributed by atoms with E-state index in [0.717, 1.165) is 23.4 Å². The molecule has 3 rings (SSSR count). The number of carbonyl (C=O) groups excluding carboxylic acids is 2. The molecule has 0 spiro atoms. The predicted octanol–water partition coefficient (Wildman–Crippen LogP) is 3.97. The van der Waals surface area contributed by atoms with Crippen molar-refractivity contribution in [3.63, 3.8) is 0 Å². The van der Waals surface area contributed by atoms with Gasteiger partial charge in [0.15, 0.2) is 0 Å². The molecule has 0 unspecified atom stereocenters. The number of benzene rings is 2. The smallest absolute Gasteiger partial charge is 0.319 e. The summed E-state index contributed by atoms with van der Waals surface area (Å²) in [5, 5.41) is 10.7. The first-order valence-electron chi connectivity index (χ1n) is 9.57. The quantitative estimate of drug-likeness (QED) is 0.510. The number of urea groups is 1. The van der Waals surface area contributed by atoms with Crippen molar-refractivity contribution in [3.05, 3.63) is 75.7 Å². The lowest BCUT2D eigenvalue weighted by Crippen LogP contribution is -2.28. The Morgan fingerprint density at radius 1 is 1.03 bits per heavy atom. The van der Waals surface area contributed by atoms with Crippen LogP contribution in [0.2, 0.25) is 0 Å². The molecule has 30 heavy (non-hydrogen) atoms. The Kier molecular flexibility index (Phi) is 7.40. The normalized spacial score (nSPS) is 10.3. The summed E-state index contributed by atoms with van der Waals surface area (Å²) in [5.74, 6) is 0.445. The number of amides is 3. The fraction of sp³-hybridized carbons (Fsp3) is 0.227. The van der Waals surface area contributed by atoms with E-state index in [-0.39, 0.29) is 18.5 Å². The van der Waals surface area contributed by atoms with Gasteiger partial charge in [-0.3, -0.25) is 4.79 Å². The molecule has 0 bridgehead atoms. The van der Waals surface area contributed by atoms with Crippen LogP contribution < -0.4 is 20.7 Å². The number of ether oxygens (including phenoxy) is 1. The first-order valence-corrected chi connectivity index (χ1v) is 10.4. The van der Waals surface area contributed by atoms with Crippen molar-refractivity contribution in [1.29, 1.82) is 0 Å². The minimum Gasteiger partial charge on any atom is -0.496 e. The van der Waals surface area contributed by atoms with E-state index in [1.165, 1.54) is 16.9 Å². The molecule has 0 aliphatic heterocycles. The van der Waals surface area contributed by atoms with Crippen LogP contribution in [0.5, 0.6) is 5.75 Å². The van der Waals surface area contributed by atoms with Gasteiger partial charge in [-0.1, -0.05) is 37.3 Å². The van der Waals surface area contributed by atoms with E-state index >= 15 is 0 Å². The van der Waals surface area contributed by atoms with Gasteiger partial charge in [0.25, 0.3) is 5.91 Å². The first-order chi connectivity index (χ1) is 14.6. The van der Waals surface area contributed by atoms with Gasteiger partial charge in [0.1, 0.15) is 16.5 Å². The van der Waals surface area contributed by atoms with Crippen molar-refractivity contribution < 1.29 is 14.3 Å². The van der Waals surface area contributed by atoms with Crippen molar-refractivity contribution in [3.8, 4) is 5.75 Å². The summed E-state index contributed by atoms with van der Waals surface area (Å²) in [6.45, 7) is 2.66. The van der Waals surface area contributed by atoms with Crippen LogP contribution in [0.25, 0.3) is 0 Å². The van der Waals surface area contributed by atoms with Crippen LogP contribution in [0.4, 0.5) is 10.5 Å². The maximum atomic E-state index is 12.4. The van der Waals surface area contributed by atoms with E-state index in [2.05, 4.69) is 27.9 Å². The molecule has 1 heterocycles. The first kappa shape index (κ1) is 21.3. The number of thiazole rings is 1. The van der Waals surface area contributed by atoms with E-state index < -0.39 is 0 Å². The lowest BCUT2D eigenvalue weighted by Gasteiger charge is -2.08. The molecule has 3 aromatic rings. The van der Waals surface area contributed by atoms with E-state index in [4.69, 9.17) is 4.74 Å². The van der Waals surface area contributed by atoms with Gasteiger partial charge in [-0.05, 0) is 30.2 Å². The highest BCUT2D eigenvalue weighted by Gasteiger charge is 2.12. The molecule has 3 amide bonds. The highest BCUT2D eigenvalue weighted by molar-refractivity contribution is 7.09. The maximum absolute atomic E-state index is 12.4. The summed E-state index contributed by atoms with van der Waals surface area (Å²) in [7, 11) is 1.59. The molecule has 7 nitrogen and oxygen atoms in total. The Labute approximate surface area is 179 Å². The average molecular weight is 425 g/mol. The monoisotopic (exact) mass is 424 g/mol. The summed E-state index contributed by atoms with van der Waals surface area (Å²) >= 11 is 1.32. The largest absolute Gasteiger partial charge is 0.496 e. The fourth-order valence-corrected chi connectivity index (χ4v) is 3.48. The number of nitrogens with zero attached hydrogens (tertiary/aromatic N) is 1. The summed E-state index contributed by atoms with van der Waals surface area (Å²) in [4.78, 5) is 28.7. The average Bonchev–Trinajstić information content (AvgIpc) is 3.26. The predicted molar refractivity (Wildman–Crippen MR) is 118 cm³/mol. The number of rotatable bonds is 8. The zero-order valence-corrected chi connectivity index (χ0v) is 17.7. The highest BCUT2D eigenvalue weighted by atomic mass is 32.1. The van der Waals surface area contributed by atoms with Crippen LogP contribution >= 0.6 is 11.3 Å². The van der Waals surface area contributed by atoms with Crippen LogP contribution in [0.3, 0.4) is 0 Å². The minimum absolute atomic E-state index is 0.239.